The van der Waals surface area contributed by atoms with Crippen LogP contribution in [0.25, 0.3) is 0 Å². The van der Waals surface area contributed by atoms with Gasteiger partial charge in [-0.1, -0.05) is 35.9 Å². The molecule has 0 aliphatic heterocycles. The third-order valence-corrected chi connectivity index (χ3v) is 3.49. The van der Waals surface area contributed by atoms with Crippen LogP contribution in [0.3, 0.4) is 0 Å². The molecule has 0 heterocycles. The summed E-state index contributed by atoms with van der Waals surface area (Å²) in [7, 11) is 0. The van der Waals surface area contributed by atoms with Gasteiger partial charge in [0.2, 0.25) is 0 Å². The minimum absolute atomic E-state index is 0.225. The highest BCUT2D eigenvalue weighted by Crippen LogP contribution is 2.16. The van der Waals surface area contributed by atoms with Gasteiger partial charge in [0.25, 0.3) is 0 Å². The molecule has 106 valence electrons. The van der Waals surface area contributed by atoms with E-state index in [0.717, 1.165) is 12.0 Å². The SMILES string of the molecule is Cc1ccc(CC(CN)Cc2ccc(F)c(F)c2)cc1. The Morgan fingerprint density at radius 3 is 2.10 bits per heavy atom. The number of hydrogen-bond acceptors (Lipinski definition) is 1. The molecule has 0 bridgehead atoms. The molecule has 0 spiro atoms. The molecule has 1 atom stereocenters. The van der Waals surface area contributed by atoms with Crippen molar-refractivity contribution < 1.29 is 8.78 Å². The lowest BCUT2D eigenvalue weighted by Crippen LogP contribution is -2.19. The summed E-state index contributed by atoms with van der Waals surface area (Å²) in [4.78, 5) is 0. The van der Waals surface area contributed by atoms with Crippen LogP contribution in [0.4, 0.5) is 8.78 Å². The molecule has 20 heavy (non-hydrogen) atoms. The summed E-state index contributed by atoms with van der Waals surface area (Å²) >= 11 is 0. The van der Waals surface area contributed by atoms with Crippen molar-refractivity contribution in [2.24, 2.45) is 11.7 Å². The zero-order valence-corrected chi connectivity index (χ0v) is 11.6. The van der Waals surface area contributed by atoms with Crippen LogP contribution in [0.15, 0.2) is 42.5 Å². The molecule has 1 nitrogen and oxygen atoms in total. The largest absolute Gasteiger partial charge is 0.330 e. The fourth-order valence-electron chi connectivity index (χ4n) is 2.30. The normalized spacial score (nSPS) is 12.4. The standard InChI is InChI=1S/C17H19F2N/c1-12-2-4-13(5-3-12)8-15(11-20)9-14-6-7-16(18)17(19)10-14/h2-7,10,15H,8-9,11,20H2,1H3. The van der Waals surface area contributed by atoms with E-state index in [9.17, 15) is 8.78 Å². The van der Waals surface area contributed by atoms with Crippen LogP contribution in [-0.4, -0.2) is 6.54 Å². The molecule has 0 radical (unpaired) electrons. The molecular formula is C17H19F2N. The van der Waals surface area contributed by atoms with Crippen molar-refractivity contribution in [3.05, 3.63) is 70.8 Å². The van der Waals surface area contributed by atoms with E-state index in [4.69, 9.17) is 5.73 Å². The minimum atomic E-state index is -0.809. The number of nitrogens with two attached hydrogens (primary N) is 1. The molecule has 0 aromatic heterocycles. The first-order chi connectivity index (χ1) is 9.58. The van der Waals surface area contributed by atoms with Gasteiger partial charge in [0.15, 0.2) is 11.6 Å². The molecule has 0 saturated carbocycles. The van der Waals surface area contributed by atoms with Crippen LogP contribution >= 0.6 is 0 Å². The minimum Gasteiger partial charge on any atom is -0.330 e. The van der Waals surface area contributed by atoms with Crippen LogP contribution in [-0.2, 0) is 12.8 Å². The summed E-state index contributed by atoms with van der Waals surface area (Å²) in [5.41, 5.74) is 9.02. The zero-order valence-electron chi connectivity index (χ0n) is 11.6. The average Bonchev–Trinajstić information content (AvgIpc) is 2.44. The molecule has 0 aliphatic rings. The number of benzene rings is 2. The van der Waals surface area contributed by atoms with Gasteiger partial charge in [0.05, 0.1) is 0 Å². The molecular weight excluding hydrogens is 256 g/mol. The topological polar surface area (TPSA) is 26.0 Å². The second-order valence-corrected chi connectivity index (χ2v) is 5.24. The molecule has 2 rings (SSSR count). The summed E-state index contributed by atoms with van der Waals surface area (Å²) in [6.45, 7) is 2.57. The smallest absolute Gasteiger partial charge is 0.159 e. The fourth-order valence-corrected chi connectivity index (χ4v) is 2.30. The first kappa shape index (κ1) is 14.7. The van der Waals surface area contributed by atoms with Gasteiger partial charge in [-0.05, 0) is 55.5 Å². The summed E-state index contributed by atoms with van der Waals surface area (Å²) in [6, 6.07) is 12.4. The molecule has 0 aliphatic carbocycles. The maximum absolute atomic E-state index is 13.2. The first-order valence-electron chi connectivity index (χ1n) is 6.78. The molecule has 0 saturated heterocycles. The molecule has 0 fully saturated rings. The van der Waals surface area contributed by atoms with Crippen LogP contribution < -0.4 is 5.73 Å². The highest BCUT2D eigenvalue weighted by Gasteiger charge is 2.11. The lowest BCUT2D eigenvalue weighted by Gasteiger charge is -2.15. The van der Waals surface area contributed by atoms with Gasteiger partial charge < -0.3 is 5.73 Å². The van der Waals surface area contributed by atoms with Gasteiger partial charge >= 0.3 is 0 Å². The van der Waals surface area contributed by atoms with E-state index in [1.165, 1.54) is 23.3 Å². The van der Waals surface area contributed by atoms with Crippen molar-refractivity contribution in [3.8, 4) is 0 Å². The van der Waals surface area contributed by atoms with E-state index in [-0.39, 0.29) is 5.92 Å². The molecule has 2 N–H and O–H groups in total. The van der Waals surface area contributed by atoms with Crippen molar-refractivity contribution in [1.82, 2.24) is 0 Å². The number of hydrogen-bond donors (Lipinski definition) is 1. The Morgan fingerprint density at radius 1 is 0.900 bits per heavy atom. The summed E-state index contributed by atoms with van der Waals surface area (Å²) < 4.78 is 26.1. The maximum atomic E-state index is 13.2. The Kier molecular flexibility index (Phi) is 4.85. The van der Waals surface area contributed by atoms with Crippen LogP contribution in [0.5, 0.6) is 0 Å². The van der Waals surface area contributed by atoms with Crippen molar-refractivity contribution in [3.63, 3.8) is 0 Å². The van der Waals surface area contributed by atoms with E-state index in [2.05, 4.69) is 24.3 Å². The second kappa shape index (κ2) is 6.62. The van der Waals surface area contributed by atoms with E-state index < -0.39 is 11.6 Å². The van der Waals surface area contributed by atoms with Gasteiger partial charge in [0, 0.05) is 0 Å². The van der Waals surface area contributed by atoms with Crippen molar-refractivity contribution in [2.75, 3.05) is 6.54 Å². The monoisotopic (exact) mass is 275 g/mol. The Hall–Kier alpha value is -1.74. The maximum Gasteiger partial charge on any atom is 0.159 e. The molecule has 0 amide bonds. The lowest BCUT2D eigenvalue weighted by atomic mass is 9.92. The van der Waals surface area contributed by atoms with E-state index in [1.807, 2.05) is 6.92 Å². The highest BCUT2D eigenvalue weighted by atomic mass is 19.2. The van der Waals surface area contributed by atoms with E-state index in [1.54, 1.807) is 6.07 Å². The molecule has 2 aromatic rings. The Morgan fingerprint density at radius 2 is 1.50 bits per heavy atom. The zero-order chi connectivity index (χ0) is 14.5. The van der Waals surface area contributed by atoms with Crippen molar-refractivity contribution in [1.29, 1.82) is 0 Å². The Bertz CT molecular complexity index is 564. The van der Waals surface area contributed by atoms with Gasteiger partial charge in [-0.15, -0.1) is 0 Å². The van der Waals surface area contributed by atoms with Gasteiger partial charge in [-0.2, -0.15) is 0 Å². The lowest BCUT2D eigenvalue weighted by molar-refractivity contribution is 0.499. The Balaban J connectivity index is 2.04. The third-order valence-electron chi connectivity index (χ3n) is 3.49. The van der Waals surface area contributed by atoms with Crippen molar-refractivity contribution >= 4 is 0 Å². The molecule has 1 unspecified atom stereocenters. The molecule has 3 heteroatoms. The summed E-state index contributed by atoms with van der Waals surface area (Å²) in [6.07, 6.45) is 1.50. The summed E-state index contributed by atoms with van der Waals surface area (Å²) in [5.74, 6) is -1.38. The van der Waals surface area contributed by atoms with Crippen LogP contribution in [0, 0.1) is 24.5 Å². The van der Waals surface area contributed by atoms with Crippen LogP contribution in [0.1, 0.15) is 16.7 Å². The van der Waals surface area contributed by atoms with Gasteiger partial charge in [-0.3, -0.25) is 0 Å². The second-order valence-electron chi connectivity index (χ2n) is 5.24. The number of aryl methyl sites for hydroxylation is 1. The van der Waals surface area contributed by atoms with Crippen molar-refractivity contribution in [2.45, 2.75) is 19.8 Å². The quantitative estimate of drug-likeness (QED) is 0.886. The predicted octanol–water partition coefficient (Wildman–Crippen LogP) is 3.63. The van der Waals surface area contributed by atoms with Gasteiger partial charge in [-0.25, -0.2) is 8.78 Å². The Labute approximate surface area is 118 Å². The van der Waals surface area contributed by atoms with Gasteiger partial charge in [0.1, 0.15) is 0 Å². The number of rotatable bonds is 5. The fraction of sp³-hybridized carbons (Fsp3) is 0.294. The average molecular weight is 275 g/mol. The van der Waals surface area contributed by atoms with E-state index >= 15 is 0 Å². The third kappa shape index (κ3) is 3.87. The number of halogens is 2. The predicted molar refractivity (Wildman–Crippen MR) is 77.5 cm³/mol. The molecule has 2 aromatic carbocycles. The van der Waals surface area contributed by atoms with Crippen LogP contribution in [0.2, 0.25) is 0 Å². The highest BCUT2D eigenvalue weighted by molar-refractivity contribution is 5.23. The van der Waals surface area contributed by atoms with E-state index in [0.29, 0.717) is 13.0 Å². The first-order valence-corrected chi connectivity index (χ1v) is 6.78. The summed E-state index contributed by atoms with van der Waals surface area (Å²) in [5, 5.41) is 0.